The predicted octanol–water partition coefficient (Wildman–Crippen LogP) is 4.31. The molecule has 86 valence electrons. The number of hydrogen-bond donors (Lipinski definition) is 0. The Balaban J connectivity index is 2.64. The Morgan fingerprint density at radius 2 is 2.06 bits per heavy atom. The largest absolute Gasteiger partial charge is 0.447 e. The third-order valence-electron chi connectivity index (χ3n) is 1.73. The number of imidazole rings is 1. The van der Waals surface area contributed by atoms with E-state index in [1.54, 1.807) is 40.8 Å². The van der Waals surface area contributed by atoms with Crippen molar-refractivity contribution in [1.82, 2.24) is 9.38 Å². The number of thioether (sulfide) groups is 1. The van der Waals surface area contributed by atoms with Crippen molar-refractivity contribution >= 4 is 55.9 Å². The molecule has 0 aromatic carbocycles. The van der Waals surface area contributed by atoms with Gasteiger partial charge >= 0.3 is 5.51 Å². The monoisotopic (exact) mass is 422 g/mol. The Kier molecular flexibility index (Phi) is 3.41. The molecule has 0 fully saturated rings. The molecule has 16 heavy (non-hydrogen) atoms. The number of alkyl halides is 3. The summed E-state index contributed by atoms with van der Waals surface area (Å²) in [6.45, 7) is 0. The molecule has 0 aliphatic heterocycles. The lowest BCUT2D eigenvalue weighted by molar-refractivity contribution is -0.0330. The topological polar surface area (TPSA) is 17.3 Å². The Morgan fingerprint density at radius 3 is 2.69 bits per heavy atom. The summed E-state index contributed by atoms with van der Waals surface area (Å²) in [7, 11) is 0. The minimum atomic E-state index is -4.31. The summed E-state index contributed by atoms with van der Waals surface area (Å²) in [5.74, 6) is 0. The molecule has 0 atom stereocenters. The lowest BCUT2D eigenvalue weighted by Gasteiger charge is -2.06. The lowest BCUT2D eigenvalue weighted by atomic mass is 10.5. The van der Waals surface area contributed by atoms with E-state index < -0.39 is 5.51 Å². The van der Waals surface area contributed by atoms with Crippen molar-refractivity contribution in [2.24, 2.45) is 0 Å². The summed E-state index contributed by atoms with van der Waals surface area (Å²) < 4.78 is 39.4. The van der Waals surface area contributed by atoms with E-state index in [4.69, 9.17) is 0 Å². The number of aromatic nitrogens is 2. The molecule has 0 N–H and O–H groups in total. The van der Waals surface area contributed by atoms with Crippen LogP contribution in [0.1, 0.15) is 0 Å². The van der Waals surface area contributed by atoms with Gasteiger partial charge in [0.1, 0.15) is 14.4 Å². The first kappa shape index (κ1) is 12.5. The summed E-state index contributed by atoms with van der Waals surface area (Å²) in [6, 6.07) is 5.06. The molecule has 2 nitrogen and oxygen atoms in total. The van der Waals surface area contributed by atoms with Gasteiger partial charge in [0.05, 0.1) is 4.60 Å². The fourth-order valence-corrected chi connectivity index (χ4v) is 3.28. The van der Waals surface area contributed by atoms with Gasteiger partial charge in [0.2, 0.25) is 0 Å². The van der Waals surface area contributed by atoms with Crippen molar-refractivity contribution in [2.75, 3.05) is 0 Å². The van der Waals surface area contributed by atoms with Crippen LogP contribution in [0.15, 0.2) is 27.8 Å². The quantitative estimate of drug-likeness (QED) is 0.387. The molecule has 0 radical (unpaired) electrons. The van der Waals surface area contributed by atoms with E-state index in [1.807, 2.05) is 0 Å². The van der Waals surface area contributed by atoms with Crippen LogP contribution in [-0.2, 0) is 0 Å². The summed E-state index contributed by atoms with van der Waals surface area (Å²) >= 11 is 4.84. The normalized spacial score (nSPS) is 12.3. The molecule has 0 unspecified atom stereocenters. The molecule has 0 aliphatic carbocycles. The third-order valence-corrected chi connectivity index (χ3v) is 4.26. The smallest absolute Gasteiger partial charge is 0.280 e. The standard InChI is InChI=1S/C8H3BrF3IN2S/c9-4-2-1-3-5-14-6(13)7(15(4)5)16-8(10,11)12/h1-3H. The van der Waals surface area contributed by atoms with Crippen molar-refractivity contribution in [2.45, 2.75) is 10.5 Å². The van der Waals surface area contributed by atoms with E-state index in [-0.39, 0.29) is 16.8 Å². The molecule has 0 saturated carbocycles. The van der Waals surface area contributed by atoms with Crippen LogP contribution in [0.5, 0.6) is 0 Å². The lowest BCUT2D eigenvalue weighted by Crippen LogP contribution is -2.02. The van der Waals surface area contributed by atoms with Gasteiger partial charge in [0.15, 0.2) is 0 Å². The minimum absolute atomic E-state index is 0.0792. The highest BCUT2D eigenvalue weighted by molar-refractivity contribution is 14.1. The van der Waals surface area contributed by atoms with Crippen LogP contribution in [-0.4, -0.2) is 14.9 Å². The van der Waals surface area contributed by atoms with E-state index in [9.17, 15) is 13.2 Å². The molecule has 0 saturated heterocycles. The zero-order valence-corrected chi connectivity index (χ0v) is 12.0. The molecule has 0 amide bonds. The maximum Gasteiger partial charge on any atom is 0.447 e. The van der Waals surface area contributed by atoms with Gasteiger partial charge in [-0.1, -0.05) is 6.07 Å². The maximum absolute atomic E-state index is 12.4. The third kappa shape index (κ3) is 2.48. The number of halogens is 5. The molecular formula is C8H3BrF3IN2S. The van der Waals surface area contributed by atoms with Crippen LogP contribution in [0.3, 0.4) is 0 Å². The van der Waals surface area contributed by atoms with Gasteiger partial charge in [0.25, 0.3) is 0 Å². The molecule has 2 aromatic rings. The fourth-order valence-electron chi connectivity index (χ4n) is 1.20. The number of rotatable bonds is 1. The molecule has 2 heterocycles. The first-order chi connectivity index (χ1) is 7.38. The molecular weight excluding hydrogens is 420 g/mol. The van der Waals surface area contributed by atoms with Crippen molar-refractivity contribution in [3.8, 4) is 0 Å². The number of hydrogen-bond acceptors (Lipinski definition) is 2. The Morgan fingerprint density at radius 1 is 1.38 bits per heavy atom. The average molecular weight is 423 g/mol. The van der Waals surface area contributed by atoms with E-state index >= 15 is 0 Å². The molecule has 8 heteroatoms. The molecule has 0 bridgehead atoms. The SMILES string of the molecule is FC(F)(F)Sc1c(I)nc2cccc(Br)n12. The first-order valence-corrected chi connectivity index (χ1v) is 6.65. The number of nitrogens with zero attached hydrogens (tertiary/aromatic N) is 2. The Bertz CT molecular complexity index is 540. The molecule has 2 aromatic heterocycles. The molecule has 0 aliphatic rings. The second-order valence-corrected chi connectivity index (χ2v) is 5.69. The van der Waals surface area contributed by atoms with Crippen LogP contribution < -0.4 is 0 Å². The van der Waals surface area contributed by atoms with Crippen LogP contribution in [0.2, 0.25) is 0 Å². The highest BCUT2D eigenvalue weighted by Gasteiger charge is 2.32. The van der Waals surface area contributed by atoms with Gasteiger partial charge in [-0.2, -0.15) is 13.2 Å². The fraction of sp³-hybridized carbons (Fsp3) is 0.125. The summed E-state index contributed by atoms with van der Waals surface area (Å²) in [5.41, 5.74) is -3.82. The van der Waals surface area contributed by atoms with Crippen molar-refractivity contribution in [3.05, 3.63) is 26.5 Å². The van der Waals surface area contributed by atoms with Crippen molar-refractivity contribution < 1.29 is 13.2 Å². The van der Waals surface area contributed by atoms with Crippen molar-refractivity contribution in [1.29, 1.82) is 0 Å². The molecule has 2 rings (SSSR count). The number of pyridine rings is 1. The summed E-state index contributed by atoms with van der Waals surface area (Å²) in [4.78, 5) is 4.06. The maximum atomic E-state index is 12.4. The predicted molar refractivity (Wildman–Crippen MR) is 67.5 cm³/mol. The summed E-state index contributed by atoms with van der Waals surface area (Å²) in [5, 5.41) is 0.0792. The minimum Gasteiger partial charge on any atom is -0.280 e. The zero-order chi connectivity index (χ0) is 11.9. The van der Waals surface area contributed by atoms with Gasteiger partial charge < -0.3 is 0 Å². The number of fused-ring (bicyclic) bond motifs is 1. The van der Waals surface area contributed by atoms with Gasteiger partial charge in [-0.3, -0.25) is 4.40 Å². The van der Waals surface area contributed by atoms with E-state index in [2.05, 4.69) is 20.9 Å². The van der Waals surface area contributed by atoms with Crippen LogP contribution in [0.4, 0.5) is 13.2 Å². The zero-order valence-electron chi connectivity index (χ0n) is 7.42. The van der Waals surface area contributed by atoms with Gasteiger partial charge in [0, 0.05) is 11.8 Å². The van der Waals surface area contributed by atoms with Crippen LogP contribution in [0, 0.1) is 3.70 Å². The first-order valence-electron chi connectivity index (χ1n) is 3.97. The second kappa shape index (κ2) is 4.37. The van der Waals surface area contributed by atoms with Crippen molar-refractivity contribution in [3.63, 3.8) is 0 Å². The van der Waals surface area contributed by atoms with Gasteiger partial charge in [-0.15, -0.1) is 0 Å². The summed E-state index contributed by atoms with van der Waals surface area (Å²) in [6.07, 6.45) is 0. The van der Waals surface area contributed by atoms with Gasteiger partial charge in [-0.25, -0.2) is 4.98 Å². The molecule has 0 spiro atoms. The van der Waals surface area contributed by atoms with E-state index in [0.717, 1.165) is 0 Å². The van der Waals surface area contributed by atoms with Crippen LogP contribution in [0.25, 0.3) is 5.65 Å². The van der Waals surface area contributed by atoms with Crippen LogP contribution >= 0.6 is 50.3 Å². The van der Waals surface area contributed by atoms with Gasteiger partial charge in [-0.05, 0) is 50.7 Å². The second-order valence-electron chi connectivity index (χ2n) is 2.80. The van der Waals surface area contributed by atoms with E-state index in [1.165, 1.54) is 4.40 Å². The average Bonchev–Trinajstić information content (AvgIpc) is 2.42. The highest BCUT2D eigenvalue weighted by Crippen LogP contribution is 2.40. The Labute approximate surface area is 115 Å². The van der Waals surface area contributed by atoms with E-state index in [0.29, 0.717) is 14.0 Å². The highest BCUT2D eigenvalue weighted by atomic mass is 127. The Hall–Kier alpha value is 0.0400.